The molecule has 2 aromatic carbocycles. The van der Waals surface area contributed by atoms with E-state index in [9.17, 15) is 9.59 Å². The second-order valence-corrected chi connectivity index (χ2v) is 7.99. The largest absolute Gasteiger partial charge is 0.366 e. The van der Waals surface area contributed by atoms with Gasteiger partial charge in [0.25, 0.3) is 5.91 Å². The summed E-state index contributed by atoms with van der Waals surface area (Å²) in [6.45, 7) is 8.54. The number of anilines is 1. The lowest BCUT2D eigenvalue weighted by Gasteiger charge is -2.20. The number of nitrogens with two attached hydrogens (primary N) is 1. The Morgan fingerprint density at radius 2 is 1.80 bits per heavy atom. The summed E-state index contributed by atoms with van der Waals surface area (Å²) in [6, 6.07) is 13.1. The lowest BCUT2D eigenvalue weighted by atomic mass is 9.87. The number of para-hydroxylation sites is 1. The summed E-state index contributed by atoms with van der Waals surface area (Å²) >= 11 is 1.49. The average molecular weight is 356 g/mol. The van der Waals surface area contributed by atoms with Crippen molar-refractivity contribution in [1.29, 1.82) is 0 Å². The van der Waals surface area contributed by atoms with Crippen molar-refractivity contribution >= 4 is 29.3 Å². The quantitative estimate of drug-likeness (QED) is 0.792. The molecule has 2 amide bonds. The molecule has 2 aromatic rings. The highest BCUT2D eigenvalue weighted by molar-refractivity contribution is 8.00. The number of rotatable bonds is 5. The lowest BCUT2D eigenvalue weighted by molar-refractivity contribution is -0.113. The maximum Gasteiger partial charge on any atom is 0.250 e. The summed E-state index contributed by atoms with van der Waals surface area (Å²) in [4.78, 5) is 24.8. The topological polar surface area (TPSA) is 72.2 Å². The first-order chi connectivity index (χ1) is 11.7. The van der Waals surface area contributed by atoms with Crippen LogP contribution in [-0.4, -0.2) is 17.6 Å². The summed E-state index contributed by atoms with van der Waals surface area (Å²) in [5.41, 5.74) is 8.53. The van der Waals surface area contributed by atoms with Gasteiger partial charge in [0.2, 0.25) is 5.91 Å². The van der Waals surface area contributed by atoms with Gasteiger partial charge >= 0.3 is 0 Å². The monoisotopic (exact) mass is 356 g/mol. The van der Waals surface area contributed by atoms with E-state index in [1.54, 1.807) is 24.3 Å². The van der Waals surface area contributed by atoms with Crippen LogP contribution in [0.2, 0.25) is 0 Å². The first-order valence-electron chi connectivity index (χ1n) is 8.11. The minimum atomic E-state index is -0.558. The van der Waals surface area contributed by atoms with Crippen molar-refractivity contribution < 1.29 is 9.59 Å². The average Bonchev–Trinajstić information content (AvgIpc) is 2.53. The van der Waals surface area contributed by atoms with E-state index in [1.165, 1.54) is 17.3 Å². The highest BCUT2D eigenvalue weighted by Crippen LogP contribution is 2.29. The van der Waals surface area contributed by atoms with Crippen LogP contribution in [0, 0.1) is 6.92 Å². The lowest BCUT2D eigenvalue weighted by Crippen LogP contribution is -2.19. The van der Waals surface area contributed by atoms with Gasteiger partial charge in [0.1, 0.15) is 0 Å². The number of nitrogens with one attached hydrogen (secondary N) is 1. The molecule has 132 valence electrons. The molecule has 25 heavy (non-hydrogen) atoms. The Bertz CT molecular complexity index is 795. The van der Waals surface area contributed by atoms with E-state index in [-0.39, 0.29) is 17.1 Å². The molecule has 0 heterocycles. The van der Waals surface area contributed by atoms with Crippen molar-refractivity contribution in [3.63, 3.8) is 0 Å². The molecule has 0 aliphatic heterocycles. The third kappa shape index (κ3) is 5.10. The summed E-state index contributed by atoms with van der Waals surface area (Å²) in [5.74, 6) is -0.460. The first-order valence-corrected chi connectivity index (χ1v) is 9.09. The van der Waals surface area contributed by atoms with E-state index in [0.29, 0.717) is 11.3 Å². The van der Waals surface area contributed by atoms with E-state index >= 15 is 0 Å². The van der Waals surface area contributed by atoms with Gasteiger partial charge in [0.05, 0.1) is 17.0 Å². The summed E-state index contributed by atoms with van der Waals surface area (Å²) in [6.07, 6.45) is 0. The fourth-order valence-electron chi connectivity index (χ4n) is 2.36. The first kappa shape index (κ1) is 19.1. The summed E-state index contributed by atoms with van der Waals surface area (Å²) < 4.78 is 0. The van der Waals surface area contributed by atoms with E-state index in [2.05, 4.69) is 44.3 Å². The summed E-state index contributed by atoms with van der Waals surface area (Å²) in [7, 11) is 0. The van der Waals surface area contributed by atoms with Gasteiger partial charge in [-0.3, -0.25) is 9.59 Å². The molecule has 5 heteroatoms. The fraction of sp³-hybridized carbons (Fsp3) is 0.300. The minimum absolute atomic E-state index is 0.0612. The van der Waals surface area contributed by atoms with Crippen LogP contribution in [0.3, 0.4) is 0 Å². The smallest absolute Gasteiger partial charge is 0.250 e. The molecule has 3 N–H and O–H groups in total. The molecule has 0 aromatic heterocycles. The molecule has 0 atom stereocenters. The molecule has 2 rings (SSSR count). The number of carbonyl (C=O) groups excluding carboxylic acids is 2. The predicted molar refractivity (Wildman–Crippen MR) is 104 cm³/mol. The van der Waals surface area contributed by atoms with Crippen molar-refractivity contribution in [2.75, 3.05) is 11.1 Å². The van der Waals surface area contributed by atoms with Crippen LogP contribution in [0.5, 0.6) is 0 Å². The second-order valence-electron chi connectivity index (χ2n) is 6.98. The van der Waals surface area contributed by atoms with Gasteiger partial charge in [-0.05, 0) is 41.7 Å². The van der Waals surface area contributed by atoms with E-state index < -0.39 is 5.91 Å². The SMILES string of the molecule is Cc1ccc(C(C)(C)C)cc1SCC(=O)Nc1ccccc1C(N)=O. The number of thioether (sulfide) groups is 1. The van der Waals surface area contributed by atoms with Gasteiger partial charge < -0.3 is 11.1 Å². The fourth-order valence-corrected chi connectivity index (χ4v) is 3.22. The molecule has 0 saturated heterocycles. The van der Waals surface area contributed by atoms with Crippen LogP contribution in [0.15, 0.2) is 47.4 Å². The Morgan fingerprint density at radius 1 is 1.12 bits per heavy atom. The van der Waals surface area contributed by atoms with Crippen molar-refractivity contribution in [3.8, 4) is 0 Å². The van der Waals surface area contributed by atoms with Crippen LogP contribution in [-0.2, 0) is 10.2 Å². The predicted octanol–water partition coefficient (Wildman–Crippen LogP) is 4.12. The molecule has 0 saturated carbocycles. The number of aryl methyl sites for hydroxylation is 1. The van der Waals surface area contributed by atoms with Gasteiger partial charge in [0, 0.05) is 4.90 Å². The van der Waals surface area contributed by atoms with Gasteiger partial charge in [0.15, 0.2) is 0 Å². The van der Waals surface area contributed by atoms with Crippen molar-refractivity contribution in [3.05, 3.63) is 59.2 Å². The number of hydrogen-bond donors (Lipinski definition) is 2. The molecule has 0 spiro atoms. The maximum atomic E-state index is 12.3. The van der Waals surface area contributed by atoms with E-state index in [4.69, 9.17) is 5.73 Å². The third-order valence-corrected chi connectivity index (χ3v) is 5.04. The number of primary amides is 1. The highest BCUT2D eigenvalue weighted by Gasteiger charge is 2.16. The number of amides is 2. The zero-order valence-electron chi connectivity index (χ0n) is 15.1. The third-order valence-electron chi connectivity index (χ3n) is 3.88. The van der Waals surface area contributed by atoms with Crippen LogP contribution >= 0.6 is 11.8 Å². The van der Waals surface area contributed by atoms with Gasteiger partial charge in [-0.1, -0.05) is 45.0 Å². The van der Waals surface area contributed by atoms with Crippen LogP contribution in [0.4, 0.5) is 5.69 Å². The zero-order chi connectivity index (χ0) is 18.6. The highest BCUT2D eigenvalue weighted by atomic mass is 32.2. The molecular weight excluding hydrogens is 332 g/mol. The standard InChI is InChI=1S/C20H24N2O2S/c1-13-9-10-14(20(2,3)4)11-17(13)25-12-18(23)22-16-8-6-5-7-15(16)19(21)24/h5-11H,12H2,1-4H3,(H2,21,24)(H,22,23). The van der Waals surface area contributed by atoms with Crippen LogP contribution in [0.25, 0.3) is 0 Å². The Labute approximate surface area is 153 Å². The Morgan fingerprint density at radius 3 is 2.44 bits per heavy atom. The molecule has 0 radical (unpaired) electrons. The van der Waals surface area contributed by atoms with E-state index in [1.807, 2.05) is 6.92 Å². The van der Waals surface area contributed by atoms with Crippen LogP contribution < -0.4 is 11.1 Å². The van der Waals surface area contributed by atoms with Crippen molar-refractivity contribution in [1.82, 2.24) is 0 Å². The number of benzene rings is 2. The van der Waals surface area contributed by atoms with Crippen LogP contribution in [0.1, 0.15) is 42.3 Å². The molecule has 0 aliphatic carbocycles. The van der Waals surface area contributed by atoms with Crippen molar-refractivity contribution in [2.24, 2.45) is 5.73 Å². The summed E-state index contributed by atoms with van der Waals surface area (Å²) in [5, 5.41) is 2.77. The van der Waals surface area contributed by atoms with Crippen molar-refractivity contribution in [2.45, 2.75) is 38.0 Å². The second kappa shape index (κ2) is 7.74. The Balaban J connectivity index is 2.07. The molecule has 0 unspecified atom stereocenters. The Hall–Kier alpha value is -2.27. The zero-order valence-corrected chi connectivity index (χ0v) is 15.9. The van der Waals surface area contributed by atoms with E-state index in [0.717, 1.165) is 10.5 Å². The van der Waals surface area contributed by atoms with Gasteiger partial charge in [-0.2, -0.15) is 0 Å². The molecule has 0 bridgehead atoms. The van der Waals surface area contributed by atoms with Gasteiger partial charge in [-0.25, -0.2) is 0 Å². The van der Waals surface area contributed by atoms with Gasteiger partial charge in [-0.15, -0.1) is 11.8 Å². The molecule has 4 nitrogen and oxygen atoms in total. The normalized spacial score (nSPS) is 11.2. The molecule has 0 aliphatic rings. The number of hydrogen-bond acceptors (Lipinski definition) is 3. The molecule has 0 fully saturated rings. The Kier molecular flexibility index (Phi) is 5.90. The number of carbonyl (C=O) groups is 2. The maximum absolute atomic E-state index is 12.3. The minimum Gasteiger partial charge on any atom is -0.366 e. The molecular formula is C20H24N2O2S.